The number of hydrogen-bond acceptors (Lipinski definition) is 3. The number of rotatable bonds is 2. The smallest absolute Gasteiger partial charge is 0.234 e. The molecule has 1 amide bonds. The lowest BCUT2D eigenvalue weighted by molar-refractivity contribution is -0.123. The molecular formula is C11H23N3O. The number of amides is 1. The Morgan fingerprint density at radius 3 is 2.47 bits per heavy atom. The van der Waals surface area contributed by atoms with Crippen LogP contribution in [-0.4, -0.2) is 42.0 Å². The predicted octanol–water partition coefficient (Wildman–Crippen LogP) is 0.180. The van der Waals surface area contributed by atoms with Crippen molar-refractivity contribution < 1.29 is 4.79 Å². The first-order chi connectivity index (χ1) is 6.78. The molecule has 1 aliphatic rings. The fraction of sp³-hybridized carbons (Fsp3) is 0.909. The van der Waals surface area contributed by atoms with Crippen LogP contribution in [-0.2, 0) is 4.79 Å². The van der Waals surface area contributed by atoms with Crippen molar-refractivity contribution in [3.05, 3.63) is 0 Å². The maximum Gasteiger partial charge on any atom is 0.234 e. The summed E-state index contributed by atoms with van der Waals surface area (Å²) in [7, 11) is 0. The number of likely N-dealkylation sites (tertiary alicyclic amines) is 1. The SMILES string of the molecule is CC1CN(CC(=O)NC(C)(C)C)CC1N. The van der Waals surface area contributed by atoms with Gasteiger partial charge in [0.05, 0.1) is 6.54 Å². The van der Waals surface area contributed by atoms with Crippen LogP contribution in [0.2, 0.25) is 0 Å². The molecule has 0 aromatic carbocycles. The molecule has 2 atom stereocenters. The Kier molecular flexibility index (Phi) is 3.73. The minimum absolute atomic E-state index is 0.0869. The zero-order chi connectivity index (χ0) is 11.6. The highest BCUT2D eigenvalue weighted by atomic mass is 16.2. The standard InChI is InChI=1S/C11H23N3O/c1-8-5-14(6-9(8)12)7-10(15)13-11(2,3)4/h8-9H,5-7,12H2,1-4H3,(H,13,15). The van der Waals surface area contributed by atoms with E-state index in [1.807, 2.05) is 20.8 Å². The topological polar surface area (TPSA) is 58.4 Å². The molecule has 0 aromatic heterocycles. The summed E-state index contributed by atoms with van der Waals surface area (Å²) in [5.74, 6) is 0.580. The molecule has 0 saturated carbocycles. The molecule has 1 fully saturated rings. The van der Waals surface area contributed by atoms with Gasteiger partial charge in [0.2, 0.25) is 5.91 Å². The van der Waals surface area contributed by atoms with Crippen molar-refractivity contribution in [2.45, 2.75) is 39.3 Å². The van der Waals surface area contributed by atoms with Gasteiger partial charge in [-0.2, -0.15) is 0 Å². The van der Waals surface area contributed by atoms with Crippen molar-refractivity contribution in [2.24, 2.45) is 11.7 Å². The van der Waals surface area contributed by atoms with E-state index in [2.05, 4.69) is 17.1 Å². The van der Waals surface area contributed by atoms with Crippen LogP contribution in [0.15, 0.2) is 0 Å². The molecule has 1 saturated heterocycles. The molecule has 3 N–H and O–H groups in total. The van der Waals surface area contributed by atoms with Gasteiger partial charge >= 0.3 is 0 Å². The fourth-order valence-corrected chi connectivity index (χ4v) is 1.89. The van der Waals surface area contributed by atoms with Gasteiger partial charge in [0.1, 0.15) is 0 Å². The molecule has 0 bridgehead atoms. The van der Waals surface area contributed by atoms with E-state index in [-0.39, 0.29) is 17.5 Å². The van der Waals surface area contributed by atoms with Crippen LogP contribution in [0, 0.1) is 5.92 Å². The minimum Gasteiger partial charge on any atom is -0.350 e. The van der Waals surface area contributed by atoms with Gasteiger partial charge in [0.15, 0.2) is 0 Å². The van der Waals surface area contributed by atoms with E-state index in [0.717, 1.165) is 13.1 Å². The molecule has 2 unspecified atom stereocenters. The molecule has 88 valence electrons. The summed E-state index contributed by atoms with van der Waals surface area (Å²) in [5.41, 5.74) is 5.75. The molecule has 4 nitrogen and oxygen atoms in total. The van der Waals surface area contributed by atoms with Crippen LogP contribution in [0.4, 0.5) is 0 Å². The van der Waals surface area contributed by atoms with Crippen LogP contribution in [0.1, 0.15) is 27.7 Å². The molecular weight excluding hydrogens is 190 g/mol. The average molecular weight is 213 g/mol. The third-order valence-corrected chi connectivity index (χ3v) is 2.63. The predicted molar refractivity (Wildman–Crippen MR) is 61.5 cm³/mol. The van der Waals surface area contributed by atoms with Gasteiger partial charge in [-0.3, -0.25) is 9.69 Å². The van der Waals surface area contributed by atoms with E-state index in [0.29, 0.717) is 12.5 Å². The second kappa shape index (κ2) is 4.49. The maximum atomic E-state index is 11.6. The number of hydrogen-bond donors (Lipinski definition) is 2. The molecule has 4 heteroatoms. The van der Waals surface area contributed by atoms with Crippen molar-refractivity contribution in [3.63, 3.8) is 0 Å². The quantitative estimate of drug-likeness (QED) is 0.688. The highest BCUT2D eigenvalue weighted by Crippen LogP contribution is 2.13. The Bertz CT molecular complexity index is 224. The molecule has 1 aliphatic heterocycles. The lowest BCUT2D eigenvalue weighted by Crippen LogP contribution is -2.45. The van der Waals surface area contributed by atoms with Gasteiger partial charge < -0.3 is 11.1 Å². The number of nitrogens with two attached hydrogens (primary N) is 1. The van der Waals surface area contributed by atoms with Crippen LogP contribution >= 0.6 is 0 Å². The van der Waals surface area contributed by atoms with E-state index in [4.69, 9.17) is 5.73 Å². The maximum absolute atomic E-state index is 11.6. The zero-order valence-corrected chi connectivity index (χ0v) is 10.2. The van der Waals surface area contributed by atoms with E-state index < -0.39 is 0 Å². The fourth-order valence-electron chi connectivity index (χ4n) is 1.89. The minimum atomic E-state index is -0.148. The van der Waals surface area contributed by atoms with Gasteiger partial charge in [-0.25, -0.2) is 0 Å². The van der Waals surface area contributed by atoms with Gasteiger partial charge in [-0.15, -0.1) is 0 Å². The third kappa shape index (κ3) is 4.18. The first-order valence-corrected chi connectivity index (χ1v) is 5.57. The third-order valence-electron chi connectivity index (χ3n) is 2.63. The van der Waals surface area contributed by atoms with Gasteiger partial charge in [-0.1, -0.05) is 6.92 Å². The highest BCUT2D eigenvalue weighted by Gasteiger charge is 2.28. The Balaban J connectivity index is 2.34. The molecule has 0 spiro atoms. The van der Waals surface area contributed by atoms with E-state index in [1.54, 1.807) is 0 Å². The van der Waals surface area contributed by atoms with Gasteiger partial charge in [0.25, 0.3) is 0 Å². The van der Waals surface area contributed by atoms with Crippen molar-refractivity contribution in [2.75, 3.05) is 19.6 Å². The van der Waals surface area contributed by atoms with Crippen LogP contribution < -0.4 is 11.1 Å². The summed E-state index contributed by atoms with van der Waals surface area (Å²) in [6.45, 7) is 10.3. The second-order valence-corrected chi connectivity index (χ2v) is 5.63. The molecule has 0 aliphatic carbocycles. The Morgan fingerprint density at radius 1 is 1.47 bits per heavy atom. The lowest BCUT2D eigenvalue weighted by Gasteiger charge is -2.23. The molecule has 15 heavy (non-hydrogen) atoms. The number of carbonyl (C=O) groups is 1. The van der Waals surface area contributed by atoms with E-state index >= 15 is 0 Å². The Labute approximate surface area is 92.2 Å². The first kappa shape index (κ1) is 12.5. The number of carbonyl (C=O) groups excluding carboxylic acids is 1. The monoisotopic (exact) mass is 213 g/mol. The van der Waals surface area contributed by atoms with Gasteiger partial charge in [-0.05, 0) is 26.7 Å². The van der Waals surface area contributed by atoms with Crippen molar-refractivity contribution >= 4 is 5.91 Å². The first-order valence-electron chi connectivity index (χ1n) is 5.57. The molecule has 0 radical (unpaired) electrons. The zero-order valence-electron chi connectivity index (χ0n) is 10.2. The van der Waals surface area contributed by atoms with Crippen molar-refractivity contribution in [3.8, 4) is 0 Å². The average Bonchev–Trinajstić information content (AvgIpc) is 2.26. The second-order valence-electron chi connectivity index (χ2n) is 5.63. The molecule has 1 rings (SSSR count). The summed E-state index contributed by atoms with van der Waals surface area (Å²) < 4.78 is 0. The lowest BCUT2D eigenvalue weighted by atomic mass is 10.1. The summed E-state index contributed by atoms with van der Waals surface area (Å²) in [6, 6.07) is 0.215. The van der Waals surface area contributed by atoms with Crippen LogP contribution in [0.3, 0.4) is 0 Å². The van der Waals surface area contributed by atoms with Crippen LogP contribution in [0.5, 0.6) is 0 Å². The Hall–Kier alpha value is -0.610. The van der Waals surface area contributed by atoms with Gasteiger partial charge in [0, 0.05) is 24.7 Å². The Morgan fingerprint density at radius 2 is 2.07 bits per heavy atom. The number of nitrogens with zero attached hydrogens (tertiary/aromatic N) is 1. The summed E-state index contributed by atoms with van der Waals surface area (Å²) in [6.07, 6.45) is 0. The molecule has 1 heterocycles. The van der Waals surface area contributed by atoms with Crippen molar-refractivity contribution in [1.82, 2.24) is 10.2 Å². The number of nitrogens with one attached hydrogen (secondary N) is 1. The van der Waals surface area contributed by atoms with E-state index in [9.17, 15) is 4.79 Å². The van der Waals surface area contributed by atoms with E-state index in [1.165, 1.54) is 0 Å². The summed E-state index contributed by atoms with van der Waals surface area (Å²) in [5, 5.41) is 2.95. The van der Waals surface area contributed by atoms with Crippen LogP contribution in [0.25, 0.3) is 0 Å². The summed E-state index contributed by atoms with van der Waals surface area (Å²) in [4.78, 5) is 13.8. The van der Waals surface area contributed by atoms with Crippen molar-refractivity contribution in [1.29, 1.82) is 0 Å². The highest BCUT2D eigenvalue weighted by molar-refractivity contribution is 5.78. The normalized spacial score (nSPS) is 28.1. The largest absolute Gasteiger partial charge is 0.350 e. The summed E-state index contributed by atoms with van der Waals surface area (Å²) >= 11 is 0. The molecule has 0 aromatic rings.